The van der Waals surface area contributed by atoms with E-state index in [-0.39, 0.29) is 0 Å². The third kappa shape index (κ3) is 13.0. The van der Waals surface area contributed by atoms with Gasteiger partial charge in [-0.1, -0.05) is 0 Å². The first kappa shape index (κ1) is 51.5. The number of rotatable bonds is 16. The Bertz CT molecular complexity index is 1750. The van der Waals surface area contributed by atoms with Gasteiger partial charge in [0.05, 0.1) is 13.7 Å². The average Bonchev–Trinajstić information content (AvgIpc) is 3.54. The van der Waals surface area contributed by atoms with E-state index in [4.69, 9.17) is 75.8 Å². The Kier molecular flexibility index (Phi) is 17.9. The van der Waals surface area contributed by atoms with Crippen LogP contribution in [0.2, 0.25) is 0 Å². The van der Waals surface area contributed by atoms with E-state index >= 15 is 0 Å². The highest BCUT2D eigenvalue weighted by atomic mass is 16.9. The Morgan fingerprint density at radius 2 is 0.844 bits per heavy atom. The molecule has 4 rings (SSSR count). The van der Waals surface area contributed by atoms with Crippen LogP contribution in [-0.4, -0.2) is 184 Å². The quantitative estimate of drug-likeness (QED) is 0.129. The Labute approximate surface area is 364 Å². The molecule has 4 fully saturated rings. The fourth-order valence-corrected chi connectivity index (χ4v) is 7.26. The summed E-state index contributed by atoms with van der Waals surface area (Å²) in [6.07, 6.45) is -25.5. The predicted molar refractivity (Wildman–Crippen MR) is 196 cm³/mol. The molecule has 360 valence electrons. The van der Waals surface area contributed by atoms with Gasteiger partial charge in [-0.2, -0.15) is 0 Å². The van der Waals surface area contributed by atoms with Crippen LogP contribution in [0.15, 0.2) is 0 Å². The molecule has 4 aliphatic heterocycles. The second-order valence-electron chi connectivity index (χ2n) is 14.7. The van der Waals surface area contributed by atoms with Crippen LogP contribution in [0.4, 0.5) is 0 Å². The van der Waals surface area contributed by atoms with Gasteiger partial charge in [-0.05, 0) is 0 Å². The van der Waals surface area contributed by atoms with Crippen molar-refractivity contribution in [1.29, 1.82) is 0 Å². The Balaban J connectivity index is 1.85. The number of aliphatic hydroxyl groups is 1. The largest absolute Gasteiger partial charge is 0.465 e. The number of hydrogen-bond acceptors (Lipinski definition) is 26. The number of methoxy groups -OCH3 is 1. The summed E-state index contributed by atoms with van der Waals surface area (Å²) in [4.78, 5) is 112. The molecule has 0 radical (unpaired) electrons. The highest BCUT2D eigenvalue weighted by Crippen LogP contribution is 2.42. The molecule has 4 saturated heterocycles. The van der Waals surface area contributed by atoms with Crippen LogP contribution in [0.5, 0.6) is 0 Å². The topological polar surface area (TPSA) is 322 Å². The summed E-state index contributed by atoms with van der Waals surface area (Å²) in [6, 6.07) is 0. The Morgan fingerprint density at radius 1 is 0.469 bits per heavy atom. The van der Waals surface area contributed by atoms with E-state index < -0.39 is 171 Å². The molecule has 0 aromatic heterocycles. The SMILES string of the molecule is COC(=O)C1(C)OC2C(OC(C)=O)[C@H](O[C@@H]3OC(COC(C)=O)[C@H](O[C@@H]4OC(COC(C)=O)[C@H](OC(C)=O)[C@H](OC(C)=O)C4OC(C)=O)[C@H](OC(C)=O)C3OC(C)=O)[C@@H](CO)O[C@@H]2O1. The van der Waals surface area contributed by atoms with E-state index in [1.165, 1.54) is 6.92 Å². The molecule has 64 heavy (non-hydrogen) atoms. The zero-order chi connectivity index (χ0) is 47.8. The molecule has 0 bridgehead atoms. The summed E-state index contributed by atoms with van der Waals surface area (Å²) >= 11 is 0. The van der Waals surface area contributed by atoms with Crippen LogP contribution in [0.1, 0.15) is 62.3 Å². The van der Waals surface area contributed by atoms with Gasteiger partial charge in [0.25, 0.3) is 5.79 Å². The van der Waals surface area contributed by atoms with Crippen LogP contribution in [0.3, 0.4) is 0 Å². The molecular formula is C38H52O26. The van der Waals surface area contributed by atoms with Gasteiger partial charge in [0.2, 0.25) is 0 Å². The second-order valence-corrected chi connectivity index (χ2v) is 14.7. The first-order valence-corrected chi connectivity index (χ1v) is 19.6. The van der Waals surface area contributed by atoms with Crippen molar-refractivity contribution >= 4 is 53.7 Å². The lowest BCUT2D eigenvalue weighted by atomic mass is 9.95. The molecule has 16 atom stereocenters. The normalized spacial score (nSPS) is 35.6. The van der Waals surface area contributed by atoms with Gasteiger partial charge in [-0.25, -0.2) is 4.79 Å². The maximum Gasteiger partial charge on any atom is 0.366 e. The minimum atomic E-state index is -2.10. The summed E-state index contributed by atoms with van der Waals surface area (Å²) in [7, 11) is 1.06. The lowest BCUT2D eigenvalue weighted by Crippen LogP contribution is -2.68. The molecule has 0 aliphatic carbocycles. The number of aliphatic hydroxyl groups excluding tert-OH is 1. The highest BCUT2D eigenvalue weighted by Gasteiger charge is 2.63. The zero-order valence-electron chi connectivity index (χ0n) is 36.4. The molecule has 4 heterocycles. The summed E-state index contributed by atoms with van der Waals surface area (Å²) < 4.78 is 90.9. The van der Waals surface area contributed by atoms with Crippen LogP contribution in [0, 0.1) is 0 Å². The predicted octanol–water partition coefficient (Wildman–Crippen LogP) is -2.06. The highest BCUT2D eigenvalue weighted by molar-refractivity contribution is 5.77. The van der Waals surface area contributed by atoms with Crippen molar-refractivity contribution < 1.29 is 124 Å². The van der Waals surface area contributed by atoms with Gasteiger partial charge < -0.3 is 80.9 Å². The van der Waals surface area contributed by atoms with E-state index in [1.54, 1.807) is 0 Å². The third-order valence-electron chi connectivity index (χ3n) is 9.51. The first-order valence-electron chi connectivity index (χ1n) is 19.6. The van der Waals surface area contributed by atoms with Crippen LogP contribution < -0.4 is 0 Å². The van der Waals surface area contributed by atoms with E-state index in [0.717, 1.165) is 62.5 Å². The molecule has 7 unspecified atom stereocenters. The zero-order valence-corrected chi connectivity index (χ0v) is 36.4. The molecular weight excluding hydrogens is 872 g/mol. The third-order valence-corrected chi connectivity index (χ3v) is 9.51. The molecule has 1 N–H and O–H groups in total. The molecule has 26 heteroatoms. The monoisotopic (exact) mass is 924 g/mol. The Morgan fingerprint density at radius 3 is 1.25 bits per heavy atom. The van der Waals surface area contributed by atoms with Crippen molar-refractivity contribution in [3.8, 4) is 0 Å². The summed E-state index contributed by atoms with van der Waals surface area (Å²) in [5.74, 6) is -10.6. The van der Waals surface area contributed by atoms with Crippen molar-refractivity contribution in [2.75, 3.05) is 26.9 Å². The molecule has 0 saturated carbocycles. The number of carbonyl (C=O) groups excluding carboxylic acids is 9. The number of esters is 9. The van der Waals surface area contributed by atoms with Gasteiger partial charge in [0.1, 0.15) is 43.7 Å². The van der Waals surface area contributed by atoms with Gasteiger partial charge >= 0.3 is 53.7 Å². The van der Waals surface area contributed by atoms with Crippen molar-refractivity contribution in [2.24, 2.45) is 0 Å². The molecule has 4 aliphatic rings. The lowest BCUT2D eigenvalue weighted by Gasteiger charge is -2.50. The van der Waals surface area contributed by atoms with Gasteiger partial charge in [0, 0.05) is 62.3 Å². The van der Waals surface area contributed by atoms with E-state index in [0.29, 0.717) is 0 Å². The fourth-order valence-electron chi connectivity index (χ4n) is 7.26. The maximum absolute atomic E-state index is 12.9. The smallest absolute Gasteiger partial charge is 0.366 e. The average molecular weight is 925 g/mol. The van der Waals surface area contributed by atoms with Crippen molar-refractivity contribution in [3.63, 3.8) is 0 Å². The number of hydrogen-bond donors (Lipinski definition) is 1. The van der Waals surface area contributed by atoms with Gasteiger partial charge in [-0.15, -0.1) is 0 Å². The van der Waals surface area contributed by atoms with Gasteiger partial charge in [-0.3, -0.25) is 38.4 Å². The summed E-state index contributed by atoms with van der Waals surface area (Å²) in [6.45, 7) is 6.94. The van der Waals surface area contributed by atoms with E-state index in [1.807, 2.05) is 0 Å². The lowest BCUT2D eigenvalue weighted by molar-refractivity contribution is -0.375. The van der Waals surface area contributed by atoms with Crippen molar-refractivity contribution in [3.05, 3.63) is 0 Å². The second kappa shape index (κ2) is 22.2. The summed E-state index contributed by atoms with van der Waals surface area (Å²) in [5, 5.41) is 10.5. The Hall–Kier alpha value is -5.09. The van der Waals surface area contributed by atoms with Crippen molar-refractivity contribution in [2.45, 2.75) is 160 Å². The number of fused-ring (bicyclic) bond motifs is 1. The standard InChI is InChI=1S/C38H52O26/c1-14(40)50-12-23-26(52-16(3)42)28(53-17(4)43)31(56-20(7)46)35(59-23)62-27-24(13-51-15(2)41)60-34(32(57-21(8)47)29(27)54-18(5)44)61-25-22(11-39)58-36-33(30(25)55-19(6)45)63-38(9,64-36)37(48)49-10/h22-36,39H,11-13H2,1-10H3/t22-,23?,24?,25-,26+,27+,28+,29+,30?,31?,32?,33?,34+,35+,36-,38?/m1/s1. The molecule has 0 spiro atoms. The minimum Gasteiger partial charge on any atom is -0.465 e. The van der Waals surface area contributed by atoms with Crippen LogP contribution in [-0.2, 0) is 119 Å². The van der Waals surface area contributed by atoms with Crippen LogP contribution >= 0.6 is 0 Å². The van der Waals surface area contributed by atoms with Crippen molar-refractivity contribution in [1.82, 2.24) is 0 Å². The minimum absolute atomic E-state index is 0.663. The van der Waals surface area contributed by atoms with E-state index in [9.17, 15) is 48.3 Å². The van der Waals surface area contributed by atoms with Crippen LogP contribution in [0.25, 0.3) is 0 Å². The summed E-state index contributed by atoms with van der Waals surface area (Å²) in [5.41, 5.74) is 0. The number of ether oxygens (including phenoxy) is 16. The molecule has 0 aromatic carbocycles. The fraction of sp³-hybridized carbons (Fsp3) is 0.763. The molecule has 0 aromatic rings. The molecule has 0 amide bonds. The number of carbonyl (C=O) groups is 9. The molecule has 26 nitrogen and oxygen atoms in total. The van der Waals surface area contributed by atoms with E-state index in [2.05, 4.69) is 0 Å². The first-order chi connectivity index (χ1) is 30.0. The maximum atomic E-state index is 12.9. The van der Waals surface area contributed by atoms with Gasteiger partial charge in [0.15, 0.2) is 61.6 Å².